The first-order valence-corrected chi connectivity index (χ1v) is 7.16. The van der Waals surface area contributed by atoms with E-state index in [1.807, 2.05) is 30.0 Å². The number of nitrogens with zero attached hydrogens (tertiary/aromatic N) is 1. The number of aryl methyl sites for hydroxylation is 1. The number of hydrogen-bond donors (Lipinski definition) is 4. The molecule has 0 radical (unpaired) electrons. The van der Waals surface area contributed by atoms with Gasteiger partial charge in [-0.25, -0.2) is 0 Å². The highest BCUT2D eigenvalue weighted by Gasteiger charge is 2.14. The second-order valence-corrected chi connectivity index (χ2v) is 5.41. The van der Waals surface area contributed by atoms with Crippen molar-refractivity contribution in [3.8, 4) is 0 Å². The Morgan fingerprint density at radius 2 is 1.90 bits per heavy atom. The highest BCUT2D eigenvalue weighted by atomic mass is 35.5. The molecule has 0 atom stereocenters. The largest absolute Gasteiger partial charge is 0.343 e. The minimum absolute atomic E-state index is 0.0614. The molecule has 20 heavy (non-hydrogen) atoms. The quantitative estimate of drug-likeness (QED) is 0.475. The van der Waals surface area contributed by atoms with Crippen LogP contribution in [0.2, 0.25) is 5.02 Å². The molecule has 2 rings (SSSR count). The highest BCUT2D eigenvalue weighted by molar-refractivity contribution is 6.33. The molecule has 0 saturated carbocycles. The first-order valence-electron chi connectivity index (χ1n) is 6.78. The zero-order valence-corrected chi connectivity index (χ0v) is 12.3. The van der Waals surface area contributed by atoms with Crippen LogP contribution in [0.4, 0.5) is 5.69 Å². The van der Waals surface area contributed by atoms with Crippen molar-refractivity contribution in [3.05, 3.63) is 28.8 Å². The van der Waals surface area contributed by atoms with E-state index in [1.54, 1.807) is 0 Å². The van der Waals surface area contributed by atoms with E-state index >= 15 is 0 Å². The van der Waals surface area contributed by atoms with Gasteiger partial charge in [-0.2, -0.15) is 0 Å². The van der Waals surface area contributed by atoms with Crippen LogP contribution in [0.1, 0.15) is 24.8 Å². The topological polar surface area (TPSA) is 75.0 Å². The van der Waals surface area contributed by atoms with Crippen LogP contribution < -0.4 is 10.6 Å². The SMILES string of the molecule is Cc1ccc(NC(=N)NC(=N)N2CCCCC2)c(Cl)c1. The van der Waals surface area contributed by atoms with Gasteiger partial charge in [-0.05, 0) is 43.9 Å². The van der Waals surface area contributed by atoms with Crippen molar-refractivity contribution in [1.29, 1.82) is 10.8 Å². The van der Waals surface area contributed by atoms with Crippen molar-refractivity contribution in [2.24, 2.45) is 0 Å². The number of hydrogen-bond acceptors (Lipinski definition) is 2. The first kappa shape index (κ1) is 14.7. The lowest BCUT2D eigenvalue weighted by atomic mass is 10.1. The van der Waals surface area contributed by atoms with Crippen molar-refractivity contribution in [2.45, 2.75) is 26.2 Å². The normalized spacial score (nSPS) is 14.8. The van der Waals surface area contributed by atoms with E-state index in [1.165, 1.54) is 6.42 Å². The van der Waals surface area contributed by atoms with Crippen LogP contribution in [0.5, 0.6) is 0 Å². The van der Waals surface area contributed by atoms with Gasteiger partial charge >= 0.3 is 0 Å². The summed E-state index contributed by atoms with van der Waals surface area (Å²) in [6, 6.07) is 5.60. The maximum absolute atomic E-state index is 7.97. The van der Waals surface area contributed by atoms with E-state index in [0.717, 1.165) is 31.5 Å². The summed E-state index contributed by atoms with van der Waals surface area (Å²) < 4.78 is 0. The average molecular weight is 294 g/mol. The molecule has 0 spiro atoms. The van der Waals surface area contributed by atoms with Gasteiger partial charge in [0, 0.05) is 13.1 Å². The minimum Gasteiger partial charge on any atom is -0.343 e. The Hall–Kier alpha value is -1.75. The molecule has 0 bridgehead atoms. The van der Waals surface area contributed by atoms with Gasteiger partial charge in [0.15, 0.2) is 11.9 Å². The lowest BCUT2D eigenvalue weighted by Crippen LogP contribution is -2.47. The molecule has 6 heteroatoms. The maximum Gasteiger partial charge on any atom is 0.199 e. The zero-order chi connectivity index (χ0) is 14.5. The fourth-order valence-electron chi connectivity index (χ4n) is 2.20. The standard InChI is InChI=1S/C14H20ClN5/c1-10-5-6-12(11(15)9-10)18-13(16)19-14(17)20-7-3-2-4-8-20/h5-6,9H,2-4,7-8H2,1H3,(H4,16,17,18,19). The molecule has 0 aliphatic carbocycles. The van der Waals surface area contributed by atoms with Gasteiger partial charge in [-0.1, -0.05) is 17.7 Å². The predicted octanol–water partition coefficient (Wildman–Crippen LogP) is 3.01. The van der Waals surface area contributed by atoms with E-state index in [-0.39, 0.29) is 11.9 Å². The van der Waals surface area contributed by atoms with E-state index in [4.69, 9.17) is 22.4 Å². The molecule has 0 aromatic heterocycles. The summed E-state index contributed by atoms with van der Waals surface area (Å²) in [6.07, 6.45) is 3.43. The Balaban J connectivity index is 1.90. The Labute approximate surface area is 124 Å². The fraction of sp³-hybridized carbons (Fsp3) is 0.429. The third kappa shape index (κ3) is 3.87. The molecule has 1 fully saturated rings. The van der Waals surface area contributed by atoms with Crippen LogP contribution in [0.25, 0.3) is 0 Å². The van der Waals surface area contributed by atoms with Gasteiger partial charge in [0.2, 0.25) is 0 Å². The maximum atomic E-state index is 7.97. The summed E-state index contributed by atoms with van der Waals surface area (Å²) in [6.45, 7) is 3.72. The van der Waals surface area contributed by atoms with Crippen LogP contribution in [-0.2, 0) is 0 Å². The van der Waals surface area contributed by atoms with Gasteiger partial charge in [0.1, 0.15) is 0 Å². The monoisotopic (exact) mass is 293 g/mol. The summed E-state index contributed by atoms with van der Waals surface area (Å²) >= 11 is 6.11. The molecule has 5 nitrogen and oxygen atoms in total. The molecular formula is C14H20ClN5. The van der Waals surface area contributed by atoms with Crippen LogP contribution in [0.3, 0.4) is 0 Å². The van der Waals surface area contributed by atoms with Gasteiger partial charge < -0.3 is 10.2 Å². The van der Waals surface area contributed by atoms with E-state index in [0.29, 0.717) is 10.7 Å². The zero-order valence-electron chi connectivity index (χ0n) is 11.6. The number of rotatable bonds is 1. The molecule has 1 saturated heterocycles. The van der Waals surface area contributed by atoms with Crippen molar-refractivity contribution in [1.82, 2.24) is 10.2 Å². The summed E-state index contributed by atoms with van der Waals surface area (Å²) in [5.74, 6) is 0.330. The number of nitrogens with one attached hydrogen (secondary N) is 4. The van der Waals surface area contributed by atoms with E-state index < -0.39 is 0 Å². The molecule has 1 aromatic carbocycles. The second-order valence-electron chi connectivity index (χ2n) is 5.00. The lowest BCUT2D eigenvalue weighted by molar-refractivity contribution is 0.334. The Morgan fingerprint density at radius 1 is 1.20 bits per heavy atom. The number of anilines is 1. The lowest BCUT2D eigenvalue weighted by Gasteiger charge is -2.29. The van der Waals surface area contributed by atoms with E-state index in [2.05, 4.69) is 10.6 Å². The van der Waals surface area contributed by atoms with Gasteiger partial charge in [0.05, 0.1) is 10.7 Å². The number of piperidine rings is 1. The predicted molar refractivity (Wildman–Crippen MR) is 83.8 cm³/mol. The molecular weight excluding hydrogens is 274 g/mol. The third-order valence-corrected chi connectivity index (χ3v) is 3.61. The summed E-state index contributed by atoms with van der Waals surface area (Å²) in [7, 11) is 0. The van der Waals surface area contributed by atoms with Crippen LogP contribution in [0, 0.1) is 17.7 Å². The molecule has 0 unspecified atom stereocenters. The fourth-order valence-corrected chi connectivity index (χ4v) is 2.48. The Bertz CT molecular complexity index is 508. The number of benzene rings is 1. The van der Waals surface area contributed by atoms with Gasteiger partial charge in [0.25, 0.3) is 0 Å². The third-order valence-electron chi connectivity index (χ3n) is 3.30. The summed E-state index contributed by atoms with van der Waals surface area (Å²) in [4.78, 5) is 1.95. The number of halogens is 1. The highest BCUT2D eigenvalue weighted by Crippen LogP contribution is 2.22. The number of likely N-dealkylation sites (tertiary alicyclic amines) is 1. The first-order chi connectivity index (χ1) is 9.56. The van der Waals surface area contributed by atoms with Crippen LogP contribution in [-0.4, -0.2) is 29.9 Å². The Kier molecular flexibility index (Phi) is 4.84. The number of guanidine groups is 2. The van der Waals surface area contributed by atoms with Gasteiger partial charge in [-0.15, -0.1) is 0 Å². The summed E-state index contributed by atoms with van der Waals surface area (Å²) in [5.41, 5.74) is 1.74. The van der Waals surface area contributed by atoms with Crippen molar-refractivity contribution in [2.75, 3.05) is 18.4 Å². The molecule has 1 aromatic rings. The van der Waals surface area contributed by atoms with Crippen molar-refractivity contribution in [3.63, 3.8) is 0 Å². The smallest absolute Gasteiger partial charge is 0.199 e. The average Bonchev–Trinajstić information content (AvgIpc) is 2.43. The van der Waals surface area contributed by atoms with Crippen molar-refractivity contribution < 1.29 is 0 Å². The molecule has 0 amide bonds. The Morgan fingerprint density at radius 3 is 2.55 bits per heavy atom. The van der Waals surface area contributed by atoms with E-state index in [9.17, 15) is 0 Å². The molecule has 1 aliphatic rings. The van der Waals surface area contributed by atoms with Crippen LogP contribution >= 0.6 is 11.6 Å². The molecule has 1 aliphatic heterocycles. The summed E-state index contributed by atoms with van der Waals surface area (Å²) in [5, 5.41) is 22.1. The van der Waals surface area contributed by atoms with Crippen molar-refractivity contribution >= 4 is 29.2 Å². The second kappa shape index (κ2) is 6.61. The molecule has 4 N–H and O–H groups in total. The minimum atomic E-state index is 0.0614. The molecule has 108 valence electrons. The van der Waals surface area contributed by atoms with Crippen LogP contribution in [0.15, 0.2) is 18.2 Å². The van der Waals surface area contributed by atoms with Gasteiger partial charge in [-0.3, -0.25) is 16.1 Å². The molecule has 1 heterocycles.